The number of rotatable bonds is 5. The third-order valence-corrected chi connectivity index (χ3v) is 5.17. The second kappa shape index (κ2) is 8.26. The minimum atomic E-state index is -4.46. The van der Waals surface area contributed by atoms with Gasteiger partial charge in [-0.25, -0.2) is 4.98 Å². The minimum Gasteiger partial charge on any atom is -0.346 e. The van der Waals surface area contributed by atoms with Gasteiger partial charge in [-0.3, -0.25) is 4.79 Å². The Morgan fingerprint density at radius 3 is 2.74 bits per heavy atom. The highest BCUT2D eigenvalue weighted by molar-refractivity contribution is 5.93. The molecular weight excluding hydrogens is 403 g/mol. The van der Waals surface area contributed by atoms with Crippen LogP contribution in [0.25, 0.3) is 22.2 Å². The van der Waals surface area contributed by atoms with Crippen LogP contribution in [0.1, 0.15) is 23.1 Å². The van der Waals surface area contributed by atoms with E-state index in [2.05, 4.69) is 15.3 Å². The number of aryl methyl sites for hydroxylation is 2. The first-order valence-electron chi connectivity index (χ1n) is 9.80. The SMILES string of the molecule is Cc1ccc(NC(=O)CCc2cccc(-c3ccnc4[nH]ccc34)c2)cc1C(F)(F)F. The van der Waals surface area contributed by atoms with E-state index < -0.39 is 11.7 Å². The van der Waals surface area contributed by atoms with Crippen molar-refractivity contribution in [2.45, 2.75) is 25.9 Å². The molecule has 0 fully saturated rings. The molecule has 0 radical (unpaired) electrons. The zero-order chi connectivity index (χ0) is 22.0. The van der Waals surface area contributed by atoms with Crippen LogP contribution in [0.15, 0.2) is 67.0 Å². The highest BCUT2D eigenvalue weighted by Crippen LogP contribution is 2.33. The number of nitrogens with one attached hydrogen (secondary N) is 2. The van der Waals surface area contributed by atoms with Gasteiger partial charge in [0.1, 0.15) is 5.65 Å². The molecule has 0 saturated carbocycles. The predicted octanol–water partition coefficient (Wildman–Crippen LogP) is 6.13. The Balaban J connectivity index is 1.45. The number of H-pyrrole nitrogens is 1. The summed E-state index contributed by atoms with van der Waals surface area (Å²) in [6.45, 7) is 1.39. The third-order valence-electron chi connectivity index (χ3n) is 5.17. The maximum absolute atomic E-state index is 13.1. The smallest absolute Gasteiger partial charge is 0.346 e. The Bertz CT molecular complexity index is 1240. The first-order chi connectivity index (χ1) is 14.8. The molecular formula is C24H20F3N3O. The van der Waals surface area contributed by atoms with Gasteiger partial charge >= 0.3 is 6.18 Å². The van der Waals surface area contributed by atoms with Crippen LogP contribution < -0.4 is 5.32 Å². The van der Waals surface area contributed by atoms with Crippen LogP contribution in [0.2, 0.25) is 0 Å². The predicted molar refractivity (Wildman–Crippen MR) is 115 cm³/mol. The molecule has 1 amide bonds. The highest BCUT2D eigenvalue weighted by Gasteiger charge is 2.32. The first-order valence-corrected chi connectivity index (χ1v) is 9.80. The van der Waals surface area contributed by atoms with Crippen LogP contribution in [0.5, 0.6) is 0 Å². The van der Waals surface area contributed by atoms with Crippen LogP contribution in [-0.2, 0) is 17.4 Å². The van der Waals surface area contributed by atoms with Gasteiger partial charge in [-0.15, -0.1) is 0 Å². The molecule has 0 aliphatic rings. The number of amides is 1. The summed E-state index contributed by atoms with van der Waals surface area (Å²) in [4.78, 5) is 19.7. The van der Waals surface area contributed by atoms with Gasteiger partial charge in [0.2, 0.25) is 5.91 Å². The van der Waals surface area contributed by atoms with Gasteiger partial charge in [-0.2, -0.15) is 13.2 Å². The Morgan fingerprint density at radius 1 is 1.10 bits per heavy atom. The Morgan fingerprint density at radius 2 is 1.94 bits per heavy atom. The molecule has 158 valence electrons. The lowest BCUT2D eigenvalue weighted by Gasteiger charge is -2.13. The molecule has 0 atom stereocenters. The molecule has 2 aromatic carbocycles. The van der Waals surface area contributed by atoms with Crippen molar-refractivity contribution in [1.82, 2.24) is 9.97 Å². The number of hydrogen-bond donors (Lipinski definition) is 2. The minimum absolute atomic E-state index is 0.120. The summed E-state index contributed by atoms with van der Waals surface area (Å²) in [5.41, 5.74) is 3.34. The van der Waals surface area contributed by atoms with Crippen molar-refractivity contribution in [3.63, 3.8) is 0 Å². The topological polar surface area (TPSA) is 57.8 Å². The standard InChI is InChI=1S/C24H20F3N3O/c1-15-5-7-18(14-21(15)24(25,26)27)30-22(31)8-6-16-3-2-4-17(13-16)19-9-11-28-23-20(19)10-12-29-23/h2-5,7,9-14H,6,8H2,1H3,(H,28,29)(H,30,31). The summed E-state index contributed by atoms with van der Waals surface area (Å²) in [6, 6.07) is 15.6. The zero-order valence-corrected chi connectivity index (χ0v) is 16.8. The van der Waals surface area contributed by atoms with Gasteiger partial charge in [0.25, 0.3) is 0 Å². The van der Waals surface area contributed by atoms with E-state index in [1.54, 1.807) is 6.20 Å². The zero-order valence-electron chi connectivity index (χ0n) is 16.8. The van der Waals surface area contributed by atoms with Gasteiger partial charge in [-0.05, 0) is 59.9 Å². The molecule has 2 heterocycles. The number of aromatic amines is 1. The summed E-state index contributed by atoms with van der Waals surface area (Å²) in [5, 5.41) is 3.58. The fraction of sp³-hybridized carbons (Fsp3) is 0.167. The number of nitrogens with zero attached hydrogens (tertiary/aromatic N) is 1. The summed E-state index contributed by atoms with van der Waals surface area (Å²) in [6.07, 6.45) is -0.244. The van der Waals surface area contributed by atoms with Crippen LogP contribution in [0.3, 0.4) is 0 Å². The lowest BCUT2D eigenvalue weighted by Crippen LogP contribution is -2.14. The number of carbonyl (C=O) groups excluding carboxylic acids is 1. The van der Waals surface area contributed by atoms with E-state index in [4.69, 9.17) is 0 Å². The molecule has 0 saturated heterocycles. The van der Waals surface area contributed by atoms with E-state index in [-0.39, 0.29) is 23.6 Å². The maximum Gasteiger partial charge on any atom is 0.416 e. The van der Waals surface area contributed by atoms with Crippen molar-refractivity contribution in [2.24, 2.45) is 0 Å². The second-order valence-corrected chi connectivity index (χ2v) is 7.37. The van der Waals surface area contributed by atoms with Gasteiger partial charge < -0.3 is 10.3 Å². The van der Waals surface area contributed by atoms with Crippen LogP contribution in [0, 0.1) is 6.92 Å². The Labute approximate surface area is 177 Å². The van der Waals surface area contributed by atoms with Crippen molar-refractivity contribution in [2.75, 3.05) is 5.32 Å². The van der Waals surface area contributed by atoms with E-state index in [1.165, 1.54) is 19.1 Å². The average Bonchev–Trinajstić information content (AvgIpc) is 3.22. The largest absolute Gasteiger partial charge is 0.416 e. The van der Waals surface area contributed by atoms with E-state index >= 15 is 0 Å². The summed E-state index contributed by atoms with van der Waals surface area (Å²) in [7, 11) is 0. The first kappa shape index (κ1) is 20.7. The number of benzene rings is 2. The quantitative estimate of drug-likeness (QED) is 0.406. The number of hydrogen-bond acceptors (Lipinski definition) is 2. The fourth-order valence-electron chi connectivity index (χ4n) is 3.59. The molecule has 2 N–H and O–H groups in total. The molecule has 0 aliphatic carbocycles. The molecule has 2 aromatic heterocycles. The third kappa shape index (κ3) is 4.60. The maximum atomic E-state index is 13.1. The molecule has 4 nitrogen and oxygen atoms in total. The normalized spacial score (nSPS) is 11.6. The monoisotopic (exact) mass is 423 g/mol. The van der Waals surface area contributed by atoms with Crippen molar-refractivity contribution in [1.29, 1.82) is 0 Å². The van der Waals surface area contributed by atoms with Crippen LogP contribution in [0.4, 0.5) is 18.9 Å². The molecule has 0 unspecified atom stereocenters. The number of fused-ring (bicyclic) bond motifs is 1. The van der Waals surface area contributed by atoms with Gasteiger partial charge in [0.15, 0.2) is 0 Å². The summed E-state index contributed by atoms with van der Waals surface area (Å²) >= 11 is 0. The lowest BCUT2D eigenvalue weighted by molar-refractivity contribution is -0.138. The number of halogens is 3. The van der Waals surface area contributed by atoms with Crippen molar-refractivity contribution in [3.05, 3.63) is 83.7 Å². The number of anilines is 1. The number of alkyl halides is 3. The van der Waals surface area contributed by atoms with Gasteiger partial charge in [-0.1, -0.05) is 30.3 Å². The number of aromatic nitrogens is 2. The lowest BCUT2D eigenvalue weighted by atomic mass is 9.99. The van der Waals surface area contributed by atoms with E-state index in [9.17, 15) is 18.0 Å². The van der Waals surface area contributed by atoms with Crippen molar-refractivity contribution < 1.29 is 18.0 Å². The van der Waals surface area contributed by atoms with Gasteiger partial charge in [0.05, 0.1) is 5.56 Å². The van der Waals surface area contributed by atoms with E-state index in [1.807, 2.05) is 42.6 Å². The Kier molecular flexibility index (Phi) is 5.50. The molecule has 0 aliphatic heterocycles. The molecule has 4 aromatic rings. The van der Waals surface area contributed by atoms with Crippen molar-refractivity contribution in [3.8, 4) is 11.1 Å². The summed E-state index contributed by atoms with van der Waals surface area (Å²) in [5.74, 6) is -0.334. The van der Waals surface area contributed by atoms with E-state index in [0.717, 1.165) is 33.8 Å². The fourth-order valence-corrected chi connectivity index (χ4v) is 3.59. The molecule has 0 spiro atoms. The van der Waals surface area contributed by atoms with E-state index in [0.29, 0.717) is 6.42 Å². The average molecular weight is 423 g/mol. The summed E-state index contributed by atoms with van der Waals surface area (Å²) < 4.78 is 39.2. The molecule has 4 rings (SSSR count). The van der Waals surface area contributed by atoms with Crippen molar-refractivity contribution >= 4 is 22.6 Å². The molecule has 31 heavy (non-hydrogen) atoms. The number of carbonyl (C=O) groups is 1. The second-order valence-electron chi connectivity index (χ2n) is 7.37. The number of pyridine rings is 1. The van der Waals surface area contributed by atoms with Crippen LogP contribution >= 0.6 is 0 Å². The highest BCUT2D eigenvalue weighted by atomic mass is 19.4. The Hall–Kier alpha value is -3.61. The van der Waals surface area contributed by atoms with Gasteiger partial charge in [0, 0.05) is 29.9 Å². The van der Waals surface area contributed by atoms with Crippen LogP contribution in [-0.4, -0.2) is 15.9 Å². The molecule has 0 bridgehead atoms. The molecule has 7 heteroatoms.